The first-order valence-corrected chi connectivity index (χ1v) is 4.59. The second-order valence-electron chi connectivity index (χ2n) is 3.34. The summed E-state index contributed by atoms with van der Waals surface area (Å²) in [5, 5.41) is 14.3. The van der Waals surface area contributed by atoms with Crippen molar-refractivity contribution < 1.29 is 14.7 Å². The van der Waals surface area contributed by atoms with Gasteiger partial charge in [-0.1, -0.05) is 0 Å². The molecule has 82 valence electrons. The molecule has 5 heteroatoms. The smallest absolute Gasteiger partial charge is 0.223 e. The van der Waals surface area contributed by atoms with E-state index in [1.54, 1.807) is 7.05 Å². The molecule has 0 unspecified atom stereocenters. The lowest BCUT2D eigenvalue weighted by Gasteiger charge is -2.15. The first kappa shape index (κ1) is 13.1. The minimum Gasteiger partial charge on any atom is -0.393 e. The van der Waals surface area contributed by atoms with Crippen molar-refractivity contribution in [3.63, 3.8) is 0 Å². The van der Waals surface area contributed by atoms with Gasteiger partial charge in [0.15, 0.2) is 5.78 Å². The average molecular weight is 202 g/mol. The van der Waals surface area contributed by atoms with Crippen LogP contribution in [-0.2, 0) is 9.59 Å². The van der Waals surface area contributed by atoms with Crippen molar-refractivity contribution in [1.29, 1.82) is 0 Å². The zero-order valence-corrected chi connectivity index (χ0v) is 8.83. The fourth-order valence-corrected chi connectivity index (χ4v) is 1.02. The minimum atomic E-state index is -0.683. The lowest BCUT2D eigenvalue weighted by molar-refractivity contribution is -0.127. The Labute approximate surface area is 83.9 Å². The Hall–Kier alpha value is -0.940. The van der Waals surface area contributed by atoms with Crippen molar-refractivity contribution in [2.45, 2.75) is 32.4 Å². The molecule has 2 atom stereocenters. The fourth-order valence-electron chi connectivity index (χ4n) is 1.02. The Morgan fingerprint density at radius 1 is 1.43 bits per heavy atom. The van der Waals surface area contributed by atoms with Crippen molar-refractivity contribution >= 4 is 11.7 Å². The van der Waals surface area contributed by atoms with Crippen LogP contribution in [0.5, 0.6) is 0 Å². The summed E-state index contributed by atoms with van der Waals surface area (Å²) < 4.78 is 0. The van der Waals surface area contributed by atoms with Crippen LogP contribution in [0.1, 0.15) is 20.3 Å². The van der Waals surface area contributed by atoms with Crippen LogP contribution in [0.2, 0.25) is 0 Å². The summed E-state index contributed by atoms with van der Waals surface area (Å²) in [6.45, 7) is 3.35. The van der Waals surface area contributed by atoms with E-state index in [2.05, 4.69) is 10.6 Å². The highest BCUT2D eigenvalue weighted by atomic mass is 16.3. The van der Waals surface area contributed by atoms with Crippen molar-refractivity contribution in [2.24, 2.45) is 0 Å². The van der Waals surface area contributed by atoms with E-state index in [-0.39, 0.29) is 18.1 Å². The van der Waals surface area contributed by atoms with Gasteiger partial charge in [-0.2, -0.15) is 0 Å². The normalized spacial score (nSPS) is 14.6. The molecule has 1 amide bonds. The quantitative estimate of drug-likeness (QED) is 0.519. The number of carbonyl (C=O) groups excluding carboxylic acids is 2. The van der Waals surface area contributed by atoms with Gasteiger partial charge in [-0.15, -0.1) is 0 Å². The van der Waals surface area contributed by atoms with E-state index in [9.17, 15) is 9.59 Å². The maximum atomic E-state index is 11.2. The van der Waals surface area contributed by atoms with Crippen molar-refractivity contribution in [3.8, 4) is 0 Å². The van der Waals surface area contributed by atoms with Gasteiger partial charge in [0.1, 0.15) is 0 Å². The third kappa shape index (κ3) is 5.66. The number of amides is 1. The number of aliphatic hydroxyl groups is 1. The largest absolute Gasteiger partial charge is 0.393 e. The van der Waals surface area contributed by atoms with Gasteiger partial charge in [0.2, 0.25) is 5.91 Å². The van der Waals surface area contributed by atoms with Crippen LogP contribution in [0.3, 0.4) is 0 Å². The van der Waals surface area contributed by atoms with Crippen LogP contribution in [0.15, 0.2) is 0 Å². The molecular formula is C9H18N2O3. The predicted molar refractivity (Wildman–Crippen MR) is 52.8 cm³/mol. The Kier molecular flexibility index (Phi) is 6.07. The maximum absolute atomic E-state index is 11.2. The molecule has 0 saturated heterocycles. The van der Waals surface area contributed by atoms with E-state index in [1.807, 2.05) is 0 Å². The van der Waals surface area contributed by atoms with Crippen LogP contribution < -0.4 is 10.6 Å². The van der Waals surface area contributed by atoms with Crippen LogP contribution in [-0.4, -0.2) is 42.5 Å². The first-order chi connectivity index (χ1) is 6.47. The topological polar surface area (TPSA) is 78.4 Å². The highest BCUT2D eigenvalue weighted by Crippen LogP contribution is 1.91. The van der Waals surface area contributed by atoms with Gasteiger partial charge in [-0.25, -0.2) is 0 Å². The maximum Gasteiger partial charge on any atom is 0.223 e. The summed E-state index contributed by atoms with van der Waals surface area (Å²) in [5.41, 5.74) is 0. The number of rotatable bonds is 6. The fraction of sp³-hybridized carbons (Fsp3) is 0.778. The molecule has 0 spiro atoms. The average Bonchev–Trinajstić information content (AvgIpc) is 2.01. The molecule has 14 heavy (non-hydrogen) atoms. The minimum absolute atomic E-state index is 0.0213. The van der Waals surface area contributed by atoms with E-state index in [0.717, 1.165) is 0 Å². The molecule has 0 aromatic heterocycles. The van der Waals surface area contributed by atoms with E-state index < -0.39 is 12.1 Å². The standard InChI is InChI=1S/C9H18N2O3/c1-6(12)4-9(14)11-8(5-10-3)7(2)13/h6,8,10,12H,4-5H2,1-3H3,(H,11,14)/t6-,8-/m0/s1. The zero-order valence-electron chi connectivity index (χ0n) is 8.83. The van der Waals surface area contributed by atoms with Gasteiger partial charge >= 0.3 is 0 Å². The molecule has 0 rings (SSSR count). The number of aliphatic hydroxyl groups excluding tert-OH is 1. The van der Waals surface area contributed by atoms with Gasteiger partial charge in [0, 0.05) is 6.54 Å². The van der Waals surface area contributed by atoms with Crippen LogP contribution in [0.4, 0.5) is 0 Å². The van der Waals surface area contributed by atoms with Crippen LogP contribution in [0, 0.1) is 0 Å². The SMILES string of the molecule is CNC[C@H](NC(=O)C[C@H](C)O)C(C)=O. The van der Waals surface area contributed by atoms with Gasteiger partial charge in [-0.3, -0.25) is 9.59 Å². The van der Waals surface area contributed by atoms with E-state index in [0.29, 0.717) is 6.54 Å². The molecule has 0 saturated carbocycles. The molecule has 0 radical (unpaired) electrons. The van der Waals surface area contributed by atoms with Crippen LogP contribution >= 0.6 is 0 Å². The summed E-state index contributed by atoms with van der Waals surface area (Å²) in [6.07, 6.45) is -0.662. The van der Waals surface area contributed by atoms with Gasteiger partial charge in [0.05, 0.1) is 18.6 Å². The Morgan fingerprint density at radius 2 is 2.00 bits per heavy atom. The lowest BCUT2D eigenvalue weighted by Crippen LogP contribution is -2.46. The molecule has 0 aliphatic carbocycles. The number of likely N-dealkylation sites (N-methyl/N-ethyl adjacent to an activating group) is 1. The number of hydrogen-bond donors (Lipinski definition) is 3. The Bertz CT molecular complexity index is 204. The number of ketones is 1. The molecule has 0 fully saturated rings. The first-order valence-electron chi connectivity index (χ1n) is 4.59. The van der Waals surface area contributed by atoms with Crippen molar-refractivity contribution in [2.75, 3.05) is 13.6 Å². The highest BCUT2D eigenvalue weighted by Gasteiger charge is 2.16. The molecule has 0 aromatic carbocycles. The number of nitrogens with one attached hydrogen (secondary N) is 2. The van der Waals surface area contributed by atoms with E-state index >= 15 is 0 Å². The number of hydrogen-bond acceptors (Lipinski definition) is 4. The lowest BCUT2D eigenvalue weighted by atomic mass is 10.2. The Balaban J connectivity index is 4.02. The third-order valence-electron chi connectivity index (χ3n) is 1.71. The molecular weight excluding hydrogens is 184 g/mol. The highest BCUT2D eigenvalue weighted by molar-refractivity contribution is 5.87. The molecule has 0 heterocycles. The summed E-state index contributed by atoms with van der Waals surface area (Å²) in [4.78, 5) is 22.2. The zero-order chi connectivity index (χ0) is 11.1. The Morgan fingerprint density at radius 3 is 2.36 bits per heavy atom. The molecule has 0 bridgehead atoms. The van der Waals surface area contributed by atoms with Crippen molar-refractivity contribution in [3.05, 3.63) is 0 Å². The summed E-state index contributed by atoms with van der Waals surface area (Å²) in [6, 6.07) is -0.508. The second kappa shape index (κ2) is 6.50. The van der Waals surface area contributed by atoms with Gasteiger partial charge in [0.25, 0.3) is 0 Å². The number of carbonyl (C=O) groups is 2. The summed E-state index contributed by atoms with van der Waals surface area (Å²) >= 11 is 0. The molecule has 0 aliphatic rings. The molecule has 0 aliphatic heterocycles. The van der Waals surface area contributed by atoms with Gasteiger partial charge in [-0.05, 0) is 20.9 Å². The van der Waals surface area contributed by atoms with E-state index in [4.69, 9.17) is 5.11 Å². The molecule has 5 nitrogen and oxygen atoms in total. The van der Waals surface area contributed by atoms with E-state index in [1.165, 1.54) is 13.8 Å². The van der Waals surface area contributed by atoms with Crippen LogP contribution in [0.25, 0.3) is 0 Å². The molecule has 0 aromatic rings. The van der Waals surface area contributed by atoms with Crippen molar-refractivity contribution in [1.82, 2.24) is 10.6 Å². The third-order valence-corrected chi connectivity index (χ3v) is 1.71. The summed E-state index contributed by atoms with van der Waals surface area (Å²) in [7, 11) is 1.71. The molecule has 3 N–H and O–H groups in total. The number of Topliss-reactive ketones (excluding diaryl/α,β-unsaturated/α-hetero) is 1. The van der Waals surface area contributed by atoms with Gasteiger partial charge < -0.3 is 15.7 Å². The predicted octanol–water partition coefficient (Wildman–Crippen LogP) is -0.949. The second-order valence-corrected chi connectivity index (χ2v) is 3.34. The monoisotopic (exact) mass is 202 g/mol. The summed E-state index contributed by atoms with van der Waals surface area (Å²) in [5.74, 6) is -0.409.